The summed E-state index contributed by atoms with van der Waals surface area (Å²) < 4.78 is 0. The fourth-order valence-electron chi connectivity index (χ4n) is 3.31. The van der Waals surface area contributed by atoms with E-state index in [-0.39, 0.29) is 0 Å². The second-order valence-electron chi connectivity index (χ2n) is 5.02. The first-order valence-corrected chi connectivity index (χ1v) is 5.55. The average molecular weight is 168 g/mol. The van der Waals surface area contributed by atoms with E-state index in [0.29, 0.717) is 5.41 Å². The standard InChI is InChI=1S/C12H24/c1-6-10(4)12(9(2)3)8-7-11(12)5/h9-11H,6-8H2,1-5H3. The van der Waals surface area contributed by atoms with Crippen molar-refractivity contribution in [2.45, 2.75) is 53.9 Å². The number of rotatable bonds is 3. The highest BCUT2D eigenvalue weighted by molar-refractivity contribution is 4.98. The summed E-state index contributed by atoms with van der Waals surface area (Å²) in [6.07, 6.45) is 4.28. The van der Waals surface area contributed by atoms with Gasteiger partial charge in [-0.25, -0.2) is 0 Å². The van der Waals surface area contributed by atoms with E-state index in [0.717, 1.165) is 17.8 Å². The van der Waals surface area contributed by atoms with E-state index in [9.17, 15) is 0 Å². The summed E-state index contributed by atoms with van der Waals surface area (Å²) in [7, 11) is 0. The molecule has 0 amide bonds. The molecule has 1 aliphatic rings. The summed E-state index contributed by atoms with van der Waals surface area (Å²) in [6, 6.07) is 0. The van der Waals surface area contributed by atoms with Crippen LogP contribution in [0.1, 0.15) is 53.9 Å². The van der Waals surface area contributed by atoms with Crippen molar-refractivity contribution in [2.24, 2.45) is 23.2 Å². The van der Waals surface area contributed by atoms with E-state index in [4.69, 9.17) is 0 Å². The van der Waals surface area contributed by atoms with Crippen LogP contribution < -0.4 is 0 Å². The van der Waals surface area contributed by atoms with Gasteiger partial charge in [-0.1, -0.05) is 41.0 Å². The van der Waals surface area contributed by atoms with Gasteiger partial charge in [0.2, 0.25) is 0 Å². The molecule has 12 heavy (non-hydrogen) atoms. The van der Waals surface area contributed by atoms with Crippen LogP contribution in [0.15, 0.2) is 0 Å². The lowest BCUT2D eigenvalue weighted by molar-refractivity contribution is -0.0607. The maximum Gasteiger partial charge on any atom is -0.0223 e. The zero-order valence-corrected chi connectivity index (χ0v) is 9.35. The molecule has 0 spiro atoms. The Morgan fingerprint density at radius 1 is 1.33 bits per heavy atom. The average Bonchev–Trinajstić information content (AvgIpc) is 2.01. The van der Waals surface area contributed by atoms with Gasteiger partial charge in [0.1, 0.15) is 0 Å². The van der Waals surface area contributed by atoms with E-state index >= 15 is 0 Å². The molecular formula is C12H24. The molecule has 0 aliphatic heterocycles. The van der Waals surface area contributed by atoms with Gasteiger partial charge in [-0.05, 0) is 36.0 Å². The second kappa shape index (κ2) is 3.40. The molecule has 1 rings (SSSR count). The molecule has 0 N–H and O–H groups in total. The molecule has 0 radical (unpaired) electrons. The fourth-order valence-corrected chi connectivity index (χ4v) is 3.31. The van der Waals surface area contributed by atoms with Crippen molar-refractivity contribution in [1.82, 2.24) is 0 Å². The van der Waals surface area contributed by atoms with Crippen LogP contribution in [0.5, 0.6) is 0 Å². The van der Waals surface area contributed by atoms with Gasteiger partial charge in [0.05, 0.1) is 0 Å². The van der Waals surface area contributed by atoms with Crippen LogP contribution >= 0.6 is 0 Å². The SMILES string of the molecule is CCC(C)C1(C(C)C)CCC1C. The molecule has 0 heteroatoms. The highest BCUT2D eigenvalue weighted by Crippen LogP contribution is 2.57. The van der Waals surface area contributed by atoms with Crippen LogP contribution in [0.25, 0.3) is 0 Å². The first-order valence-electron chi connectivity index (χ1n) is 5.55. The Morgan fingerprint density at radius 3 is 2.00 bits per heavy atom. The van der Waals surface area contributed by atoms with Crippen molar-refractivity contribution in [3.63, 3.8) is 0 Å². The molecule has 3 unspecified atom stereocenters. The van der Waals surface area contributed by atoms with Crippen molar-refractivity contribution in [1.29, 1.82) is 0 Å². The molecule has 0 heterocycles. The normalized spacial score (nSPS) is 38.0. The van der Waals surface area contributed by atoms with Gasteiger partial charge in [0, 0.05) is 0 Å². The van der Waals surface area contributed by atoms with E-state index in [1.165, 1.54) is 19.3 Å². The third-order valence-corrected chi connectivity index (χ3v) is 4.53. The Labute approximate surface area is 77.7 Å². The van der Waals surface area contributed by atoms with Gasteiger partial charge >= 0.3 is 0 Å². The summed E-state index contributed by atoms with van der Waals surface area (Å²) in [5.74, 6) is 2.75. The van der Waals surface area contributed by atoms with Gasteiger partial charge < -0.3 is 0 Å². The van der Waals surface area contributed by atoms with Crippen LogP contribution in [-0.4, -0.2) is 0 Å². The van der Waals surface area contributed by atoms with E-state index in [1.54, 1.807) is 0 Å². The fraction of sp³-hybridized carbons (Fsp3) is 1.00. The summed E-state index contributed by atoms with van der Waals surface area (Å²) in [5.41, 5.74) is 0.689. The molecule has 3 atom stereocenters. The maximum absolute atomic E-state index is 2.44. The third kappa shape index (κ3) is 1.20. The van der Waals surface area contributed by atoms with Crippen LogP contribution in [0.2, 0.25) is 0 Å². The van der Waals surface area contributed by atoms with Gasteiger partial charge in [0.15, 0.2) is 0 Å². The van der Waals surface area contributed by atoms with Crippen molar-refractivity contribution < 1.29 is 0 Å². The molecular weight excluding hydrogens is 144 g/mol. The van der Waals surface area contributed by atoms with Crippen molar-refractivity contribution in [3.8, 4) is 0 Å². The zero-order valence-electron chi connectivity index (χ0n) is 9.35. The molecule has 72 valence electrons. The summed E-state index contributed by atoms with van der Waals surface area (Å²) >= 11 is 0. The van der Waals surface area contributed by atoms with Crippen LogP contribution in [-0.2, 0) is 0 Å². The summed E-state index contributed by atoms with van der Waals surface area (Å²) in [5, 5.41) is 0. The van der Waals surface area contributed by atoms with E-state index in [1.807, 2.05) is 0 Å². The quantitative estimate of drug-likeness (QED) is 0.595. The van der Waals surface area contributed by atoms with Crippen molar-refractivity contribution >= 4 is 0 Å². The van der Waals surface area contributed by atoms with Gasteiger partial charge in [-0.15, -0.1) is 0 Å². The molecule has 0 aromatic rings. The first kappa shape index (κ1) is 10.1. The molecule has 0 aromatic heterocycles. The molecule has 0 bridgehead atoms. The zero-order chi connectivity index (χ0) is 9.35. The molecule has 1 fully saturated rings. The molecule has 1 saturated carbocycles. The van der Waals surface area contributed by atoms with Crippen LogP contribution in [0.4, 0.5) is 0 Å². The van der Waals surface area contributed by atoms with E-state index in [2.05, 4.69) is 34.6 Å². The Kier molecular flexibility index (Phi) is 2.85. The second-order valence-corrected chi connectivity index (χ2v) is 5.02. The lowest BCUT2D eigenvalue weighted by Gasteiger charge is -2.55. The predicted octanol–water partition coefficient (Wildman–Crippen LogP) is 4.10. The minimum absolute atomic E-state index is 0.689. The smallest absolute Gasteiger partial charge is 0.0223 e. The van der Waals surface area contributed by atoms with E-state index < -0.39 is 0 Å². The van der Waals surface area contributed by atoms with Gasteiger partial charge in [-0.3, -0.25) is 0 Å². The summed E-state index contributed by atoms with van der Waals surface area (Å²) in [4.78, 5) is 0. The Balaban J connectivity index is 2.73. The Hall–Kier alpha value is 0. The Bertz CT molecular complexity index is 141. The van der Waals surface area contributed by atoms with Crippen molar-refractivity contribution in [3.05, 3.63) is 0 Å². The minimum Gasteiger partial charge on any atom is -0.0651 e. The minimum atomic E-state index is 0.689. The van der Waals surface area contributed by atoms with Crippen LogP contribution in [0.3, 0.4) is 0 Å². The maximum atomic E-state index is 2.44. The highest BCUT2D eigenvalue weighted by Gasteiger charge is 2.48. The largest absolute Gasteiger partial charge is 0.0651 e. The highest BCUT2D eigenvalue weighted by atomic mass is 14.5. The molecule has 1 aliphatic carbocycles. The summed E-state index contributed by atoms with van der Waals surface area (Å²) in [6.45, 7) is 12.0. The third-order valence-electron chi connectivity index (χ3n) is 4.53. The molecule has 0 nitrogen and oxygen atoms in total. The van der Waals surface area contributed by atoms with Gasteiger partial charge in [-0.2, -0.15) is 0 Å². The Morgan fingerprint density at radius 2 is 1.92 bits per heavy atom. The van der Waals surface area contributed by atoms with Gasteiger partial charge in [0.25, 0.3) is 0 Å². The molecule has 0 saturated heterocycles. The lowest BCUT2D eigenvalue weighted by atomic mass is 9.50. The monoisotopic (exact) mass is 168 g/mol. The lowest BCUT2D eigenvalue weighted by Crippen LogP contribution is -2.47. The number of hydrogen-bond donors (Lipinski definition) is 0. The molecule has 0 aromatic carbocycles. The predicted molar refractivity (Wildman–Crippen MR) is 55.1 cm³/mol. The van der Waals surface area contributed by atoms with Crippen LogP contribution in [0, 0.1) is 23.2 Å². The first-order chi connectivity index (χ1) is 5.55. The topological polar surface area (TPSA) is 0 Å². The van der Waals surface area contributed by atoms with Crippen molar-refractivity contribution in [2.75, 3.05) is 0 Å². The number of hydrogen-bond acceptors (Lipinski definition) is 0.